The molecule has 1 N–H and O–H groups in total. The van der Waals surface area contributed by atoms with Crippen molar-refractivity contribution in [2.75, 3.05) is 11.8 Å². The van der Waals surface area contributed by atoms with Crippen molar-refractivity contribution >= 4 is 21.4 Å². The summed E-state index contributed by atoms with van der Waals surface area (Å²) >= 11 is 0. The van der Waals surface area contributed by atoms with Gasteiger partial charge < -0.3 is 4.74 Å². The SMILES string of the molecule is COc1cccc(NS(=O)(=O)c2c(C)cc(C)c([N+](=O)[O-])c2C)c1. The van der Waals surface area contributed by atoms with Gasteiger partial charge in [-0.3, -0.25) is 14.8 Å². The molecule has 2 aromatic carbocycles. The van der Waals surface area contributed by atoms with Crippen LogP contribution in [0.1, 0.15) is 16.7 Å². The highest BCUT2D eigenvalue weighted by molar-refractivity contribution is 7.92. The fraction of sp³-hybridized carbons (Fsp3) is 0.250. The second-order valence-corrected chi connectivity index (χ2v) is 7.03. The number of aryl methyl sites for hydroxylation is 2. The smallest absolute Gasteiger partial charge is 0.276 e. The fourth-order valence-corrected chi connectivity index (χ4v) is 4.27. The summed E-state index contributed by atoms with van der Waals surface area (Å²) in [6.45, 7) is 4.64. The monoisotopic (exact) mass is 350 g/mol. The van der Waals surface area contributed by atoms with Gasteiger partial charge >= 0.3 is 0 Å². The number of anilines is 1. The average molecular weight is 350 g/mol. The van der Waals surface area contributed by atoms with Gasteiger partial charge in [-0.1, -0.05) is 6.07 Å². The van der Waals surface area contributed by atoms with Crippen molar-refractivity contribution in [2.45, 2.75) is 25.7 Å². The molecule has 128 valence electrons. The van der Waals surface area contributed by atoms with Crippen LogP contribution < -0.4 is 9.46 Å². The lowest BCUT2D eigenvalue weighted by atomic mass is 10.1. The maximum absolute atomic E-state index is 12.8. The van der Waals surface area contributed by atoms with Gasteiger partial charge in [0, 0.05) is 17.2 Å². The van der Waals surface area contributed by atoms with E-state index < -0.39 is 14.9 Å². The zero-order valence-corrected chi connectivity index (χ0v) is 14.6. The number of benzene rings is 2. The predicted molar refractivity (Wildman–Crippen MR) is 91.1 cm³/mol. The van der Waals surface area contributed by atoms with Crippen molar-refractivity contribution in [3.05, 3.63) is 57.1 Å². The number of nitro benzene ring substituents is 1. The van der Waals surface area contributed by atoms with Crippen LogP contribution in [0.4, 0.5) is 11.4 Å². The third-order valence-corrected chi connectivity index (χ3v) is 5.30. The molecule has 8 heteroatoms. The zero-order chi connectivity index (χ0) is 18.1. The first kappa shape index (κ1) is 17.7. The molecule has 0 heterocycles. The van der Waals surface area contributed by atoms with E-state index in [0.717, 1.165) is 0 Å². The Morgan fingerprint density at radius 2 is 1.79 bits per heavy atom. The number of hydrogen-bond acceptors (Lipinski definition) is 5. The van der Waals surface area contributed by atoms with E-state index >= 15 is 0 Å². The lowest BCUT2D eigenvalue weighted by Crippen LogP contribution is -2.17. The standard InChI is InChI=1S/C16H18N2O5S/c1-10-8-11(2)16(12(3)15(10)18(19)20)24(21,22)17-13-6-5-7-14(9-13)23-4/h5-9,17H,1-4H3. The summed E-state index contributed by atoms with van der Waals surface area (Å²) in [6, 6.07) is 7.95. The van der Waals surface area contributed by atoms with Gasteiger partial charge in [0.25, 0.3) is 15.7 Å². The molecule has 7 nitrogen and oxygen atoms in total. The summed E-state index contributed by atoms with van der Waals surface area (Å²) in [5.41, 5.74) is 1.12. The van der Waals surface area contributed by atoms with Crippen molar-refractivity contribution < 1.29 is 18.1 Å². The van der Waals surface area contributed by atoms with Gasteiger partial charge in [-0.15, -0.1) is 0 Å². The molecule has 2 rings (SSSR count). The van der Waals surface area contributed by atoms with Crippen molar-refractivity contribution in [2.24, 2.45) is 0 Å². The second-order valence-electron chi connectivity index (χ2n) is 5.41. The number of nitrogens with one attached hydrogen (secondary N) is 1. The Balaban J connectivity index is 2.57. The maximum atomic E-state index is 12.8. The fourth-order valence-electron chi connectivity index (χ4n) is 2.74. The van der Waals surface area contributed by atoms with Gasteiger partial charge in [0.1, 0.15) is 5.75 Å². The molecular formula is C16H18N2O5S. The Hall–Kier alpha value is -2.61. The minimum absolute atomic E-state index is 0.0809. The van der Waals surface area contributed by atoms with Crippen LogP contribution in [-0.4, -0.2) is 20.5 Å². The summed E-state index contributed by atoms with van der Waals surface area (Å²) in [5, 5.41) is 11.2. The van der Waals surface area contributed by atoms with E-state index in [0.29, 0.717) is 22.6 Å². The van der Waals surface area contributed by atoms with Gasteiger partial charge in [-0.2, -0.15) is 0 Å². The molecule has 0 aliphatic rings. The highest BCUT2D eigenvalue weighted by Crippen LogP contribution is 2.33. The molecule has 0 saturated carbocycles. The molecule has 0 atom stereocenters. The first-order valence-electron chi connectivity index (χ1n) is 7.09. The third-order valence-electron chi connectivity index (χ3n) is 3.63. The Morgan fingerprint density at radius 1 is 1.12 bits per heavy atom. The number of sulfonamides is 1. The van der Waals surface area contributed by atoms with Gasteiger partial charge in [0.05, 0.1) is 22.6 Å². The number of ether oxygens (including phenoxy) is 1. The Bertz CT molecular complexity index is 907. The van der Waals surface area contributed by atoms with E-state index in [2.05, 4.69) is 4.72 Å². The van der Waals surface area contributed by atoms with E-state index in [-0.39, 0.29) is 16.1 Å². The van der Waals surface area contributed by atoms with Gasteiger partial charge in [0.15, 0.2) is 0 Å². The normalized spacial score (nSPS) is 11.2. The number of rotatable bonds is 5. The number of hydrogen-bond donors (Lipinski definition) is 1. The Kier molecular flexibility index (Phi) is 4.79. The number of nitro groups is 1. The largest absolute Gasteiger partial charge is 0.497 e. The molecule has 0 bridgehead atoms. The lowest BCUT2D eigenvalue weighted by molar-refractivity contribution is -0.386. The lowest BCUT2D eigenvalue weighted by Gasteiger charge is -2.14. The maximum Gasteiger partial charge on any atom is 0.276 e. The third kappa shape index (κ3) is 3.33. The van der Waals surface area contributed by atoms with Crippen molar-refractivity contribution in [1.29, 1.82) is 0 Å². The van der Waals surface area contributed by atoms with E-state index in [1.807, 2.05) is 0 Å². The highest BCUT2D eigenvalue weighted by Gasteiger charge is 2.27. The van der Waals surface area contributed by atoms with Gasteiger partial charge in [0.2, 0.25) is 0 Å². The number of methoxy groups -OCH3 is 1. The molecule has 0 aliphatic heterocycles. The average Bonchev–Trinajstić information content (AvgIpc) is 2.45. The van der Waals surface area contributed by atoms with Crippen LogP contribution in [0.25, 0.3) is 0 Å². The second kappa shape index (κ2) is 6.48. The molecule has 0 aliphatic carbocycles. The van der Waals surface area contributed by atoms with Crippen LogP contribution in [0.5, 0.6) is 5.75 Å². The molecule has 2 aromatic rings. The molecular weight excluding hydrogens is 332 g/mol. The van der Waals surface area contributed by atoms with Crippen LogP contribution in [-0.2, 0) is 10.0 Å². The van der Waals surface area contributed by atoms with Crippen molar-refractivity contribution in [3.8, 4) is 5.75 Å². The molecule has 0 aromatic heterocycles. The van der Waals surface area contributed by atoms with E-state index in [1.54, 1.807) is 32.0 Å². The quantitative estimate of drug-likeness (QED) is 0.659. The minimum atomic E-state index is -3.98. The Labute approximate surface area is 140 Å². The molecule has 0 unspecified atom stereocenters. The molecule has 0 saturated heterocycles. The van der Waals surface area contributed by atoms with Gasteiger partial charge in [-0.05, 0) is 44.5 Å². The van der Waals surface area contributed by atoms with E-state index in [4.69, 9.17) is 4.74 Å². The predicted octanol–water partition coefficient (Wildman–Crippen LogP) is 3.33. The topological polar surface area (TPSA) is 98.5 Å². The molecule has 0 radical (unpaired) electrons. The van der Waals surface area contributed by atoms with E-state index in [1.165, 1.54) is 26.2 Å². The van der Waals surface area contributed by atoms with Gasteiger partial charge in [-0.25, -0.2) is 8.42 Å². The summed E-state index contributed by atoms with van der Waals surface area (Å²) in [5.74, 6) is 0.499. The Morgan fingerprint density at radius 3 is 2.38 bits per heavy atom. The molecule has 0 fully saturated rings. The first-order chi connectivity index (χ1) is 11.2. The summed E-state index contributed by atoms with van der Waals surface area (Å²) in [7, 11) is -2.51. The van der Waals surface area contributed by atoms with Crippen molar-refractivity contribution in [3.63, 3.8) is 0 Å². The first-order valence-corrected chi connectivity index (χ1v) is 8.57. The highest BCUT2D eigenvalue weighted by atomic mass is 32.2. The van der Waals surface area contributed by atoms with Crippen LogP contribution in [0.3, 0.4) is 0 Å². The minimum Gasteiger partial charge on any atom is -0.497 e. The zero-order valence-electron chi connectivity index (χ0n) is 13.8. The van der Waals surface area contributed by atoms with E-state index in [9.17, 15) is 18.5 Å². The van der Waals surface area contributed by atoms with Crippen LogP contribution in [0.15, 0.2) is 35.2 Å². The summed E-state index contributed by atoms with van der Waals surface area (Å²) in [4.78, 5) is 10.6. The summed E-state index contributed by atoms with van der Waals surface area (Å²) < 4.78 is 33.0. The molecule has 0 spiro atoms. The van der Waals surface area contributed by atoms with Crippen LogP contribution in [0, 0.1) is 30.9 Å². The number of nitrogens with zero attached hydrogens (tertiary/aromatic N) is 1. The van der Waals surface area contributed by atoms with Crippen LogP contribution in [0.2, 0.25) is 0 Å². The van der Waals surface area contributed by atoms with Crippen LogP contribution >= 0.6 is 0 Å². The molecule has 0 amide bonds. The summed E-state index contributed by atoms with van der Waals surface area (Å²) in [6.07, 6.45) is 0. The van der Waals surface area contributed by atoms with Crippen molar-refractivity contribution in [1.82, 2.24) is 0 Å². The molecule has 24 heavy (non-hydrogen) atoms.